The van der Waals surface area contributed by atoms with E-state index in [2.05, 4.69) is 0 Å². The van der Waals surface area contributed by atoms with Crippen molar-refractivity contribution in [2.45, 2.75) is 56.4 Å². The third kappa shape index (κ3) is 4.55. The van der Waals surface area contributed by atoms with Gasteiger partial charge in [0.2, 0.25) is 0 Å². The monoisotopic (exact) mass is 406 g/mol. The molecule has 1 aromatic carbocycles. The van der Waals surface area contributed by atoms with Gasteiger partial charge < -0.3 is 9.64 Å². The molecule has 1 N–H and O–H groups in total. The van der Waals surface area contributed by atoms with Crippen molar-refractivity contribution in [3.8, 4) is 0 Å². The average molecular weight is 406 g/mol. The van der Waals surface area contributed by atoms with Crippen molar-refractivity contribution >= 4 is 21.6 Å². The molecule has 10 heteroatoms. The fourth-order valence-electron chi connectivity index (χ4n) is 3.09. The molecule has 6 nitrogen and oxygen atoms in total. The summed E-state index contributed by atoms with van der Waals surface area (Å²) in [5, 5.41) is 0. The van der Waals surface area contributed by atoms with Crippen molar-refractivity contribution in [3.63, 3.8) is 0 Å². The molecule has 1 amide bonds. The van der Waals surface area contributed by atoms with Gasteiger partial charge in [-0.1, -0.05) is 18.2 Å². The molecule has 150 valence electrons. The van der Waals surface area contributed by atoms with E-state index in [1.54, 1.807) is 10.8 Å². The number of alkyl halides is 3. The largest absolute Gasteiger partial charge is 0.516 e. The number of para-hydroxylation sites is 1. The number of halogens is 3. The number of hydrogen-bond acceptors (Lipinski definition) is 4. The Balaban J connectivity index is 1.72. The number of sulfonamides is 1. The highest BCUT2D eigenvalue weighted by Gasteiger charge is 2.46. The lowest BCUT2D eigenvalue weighted by Gasteiger charge is -2.36. The first-order valence-corrected chi connectivity index (χ1v) is 10.3. The van der Waals surface area contributed by atoms with Gasteiger partial charge in [-0.25, -0.2) is 0 Å². The average Bonchev–Trinajstić information content (AvgIpc) is 2.54. The Labute approximate surface area is 155 Å². The van der Waals surface area contributed by atoms with Crippen LogP contribution in [-0.2, 0) is 26.1 Å². The quantitative estimate of drug-likeness (QED) is 0.788. The van der Waals surface area contributed by atoms with Crippen molar-refractivity contribution in [2.75, 3.05) is 11.3 Å². The zero-order valence-corrected chi connectivity index (χ0v) is 15.4. The Bertz CT molecular complexity index is 794. The second kappa shape index (κ2) is 7.67. The summed E-state index contributed by atoms with van der Waals surface area (Å²) in [6.45, 7) is 0.462. The van der Waals surface area contributed by atoms with E-state index in [1.165, 1.54) is 23.1 Å². The van der Waals surface area contributed by atoms with Crippen molar-refractivity contribution in [1.29, 1.82) is 0 Å². The smallest absolute Gasteiger partial charge is 0.365 e. The predicted molar refractivity (Wildman–Crippen MR) is 92.2 cm³/mol. The van der Waals surface area contributed by atoms with Gasteiger partial charge in [-0.2, -0.15) is 21.6 Å². The van der Waals surface area contributed by atoms with Crippen LogP contribution in [0.4, 0.5) is 18.9 Å². The molecule has 2 fully saturated rings. The fraction of sp³-hybridized carbons (Fsp3) is 0.588. The molecule has 1 unspecified atom stereocenters. The number of nitrogens with one attached hydrogen (secondary N) is 1. The molecule has 0 bridgehead atoms. The Morgan fingerprint density at radius 3 is 2.48 bits per heavy atom. The van der Waals surface area contributed by atoms with E-state index in [0.29, 0.717) is 18.5 Å². The summed E-state index contributed by atoms with van der Waals surface area (Å²) in [5.74, 6) is -0.207. The maximum Gasteiger partial charge on any atom is 0.516 e. The van der Waals surface area contributed by atoms with Crippen molar-refractivity contribution in [1.82, 2.24) is 4.90 Å². The molecule has 1 heterocycles. The summed E-state index contributed by atoms with van der Waals surface area (Å²) in [7, 11) is -5.53. The third-order valence-corrected chi connectivity index (χ3v) is 5.92. The number of nitrogens with zero attached hydrogens (tertiary/aromatic N) is 1. The van der Waals surface area contributed by atoms with Gasteiger partial charge in [-0.15, -0.1) is 0 Å². The Morgan fingerprint density at radius 2 is 1.85 bits per heavy atom. The molecule has 2 aliphatic rings. The van der Waals surface area contributed by atoms with Crippen LogP contribution in [-0.4, -0.2) is 43.5 Å². The topological polar surface area (TPSA) is 75.7 Å². The Hall–Kier alpha value is -1.81. The van der Waals surface area contributed by atoms with Gasteiger partial charge in [0.1, 0.15) is 6.10 Å². The van der Waals surface area contributed by atoms with Gasteiger partial charge in [-0.05, 0) is 43.7 Å². The van der Waals surface area contributed by atoms with E-state index >= 15 is 0 Å². The number of benzene rings is 1. The molecule has 1 saturated carbocycles. The van der Waals surface area contributed by atoms with E-state index < -0.39 is 21.6 Å². The zero-order valence-electron chi connectivity index (χ0n) is 14.5. The highest BCUT2D eigenvalue weighted by Crippen LogP contribution is 2.30. The van der Waals surface area contributed by atoms with Crippen LogP contribution in [0.1, 0.15) is 37.7 Å². The maximum absolute atomic E-state index is 12.7. The number of anilines is 1. The molecular weight excluding hydrogens is 385 g/mol. The maximum atomic E-state index is 12.7. The van der Waals surface area contributed by atoms with Gasteiger partial charge in [0.05, 0.1) is 11.8 Å². The predicted octanol–water partition coefficient (Wildman–Crippen LogP) is 3.01. The molecule has 27 heavy (non-hydrogen) atoms. The summed E-state index contributed by atoms with van der Waals surface area (Å²) in [5.41, 5.74) is -5.31. The lowest BCUT2D eigenvalue weighted by molar-refractivity contribution is -0.156. The SMILES string of the molecule is O=C1C(OC2CCC2)CCCN1Cc1ccccc1NS(=O)(=O)C(F)(F)F. The molecule has 0 aromatic heterocycles. The number of likely N-dealkylation sites (tertiary alicyclic amines) is 1. The first-order valence-electron chi connectivity index (χ1n) is 8.78. The van der Waals surface area contributed by atoms with E-state index in [1.807, 2.05) is 0 Å². The fourth-order valence-corrected chi connectivity index (χ4v) is 3.70. The highest BCUT2D eigenvalue weighted by atomic mass is 32.2. The van der Waals surface area contributed by atoms with Gasteiger partial charge in [0.25, 0.3) is 5.91 Å². The van der Waals surface area contributed by atoms with Crippen molar-refractivity contribution in [2.24, 2.45) is 0 Å². The highest BCUT2D eigenvalue weighted by molar-refractivity contribution is 7.93. The molecule has 1 aromatic rings. The van der Waals surface area contributed by atoms with Gasteiger partial charge in [-0.3, -0.25) is 9.52 Å². The first kappa shape index (κ1) is 19.9. The molecular formula is C17H21F3N2O4S. The third-order valence-electron chi connectivity index (χ3n) is 4.82. The van der Waals surface area contributed by atoms with Crippen LogP contribution in [0.5, 0.6) is 0 Å². The van der Waals surface area contributed by atoms with E-state index in [9.17, 15) is 26.4 Å². The summed E-state index contributed by atoms with van der Waals surface area (Å²) >= 11 is 0. The lowest BCUT2D eigenvalue weighted by atomic mass is 9.95. The van der Waals surface area contributed by atoms with Gasteiger partial charge in [0, 0.05) is 13.1 Å². The number of amides is 1. The van der Waals surface area contributed by atoms with Crippen LogP contribution in [0.15, 0.2) is 24.3 Å². The zero-order chi connectivity index (χ0) is 19.7. The number of carbonyl (C=O) groups is 1. The van der Waals surface area contributed by atoms with Crippen LogP contribution in [0.3, 0.4) is 0 Å². The van der Waals surface area contributed by atoms with Crippen LogP contribution in [0, 0.1) is 0 Å². The number of rotatable bonds is 6. The summed E-state index contributed by atoms with van der Waals surface area (Å²) < 4.78 is 68.2. The minimum absolute atomic E-state index is 0.0138. The summed E-state index contributed by atoms with van der Waals surface area (Å²) in [6, 6.07) is 5.75. The summed E-state index contributed by atoms with van der Waals surface area (Å²) in [4.78, 5) is 14.2. The Morgan fingerprint density at radius 1 is 1.15 bits per heavy atom. The Kier molecular flexibility index (Phi) is 5.66. The van der Waals surface area contributed by atoms with E-state index in [4.69, 9.17) is 4.74 Å². The minimum Gasteiger partial charge on any atom is -0.365 e. The molecule has 0 spiro atoms. The first-order chi connectivity index (χ1) is 12.7. The molecule has 1 atom stereocenters. The normalized spacial score (nSPS) is 21.8. The number of ether oxygens (including phenoxy) is 1. The van der Waals surface area contributed by atoms with Crippen LogP contribution in [0.2, 0.25) is 0 Å². The van der Waals surface area contributed by atoms with Crippen molar-refractivity contribution in [3.05, 3.63) is 29.8 Å². The lowest BCUT2D eigenvalue weighted by Crippen LogP contribution is -2.47. The number of hydrogen-bond donors (Lipinski definition) is 1. The van der Waals surface area contributed by atoms with Crippen LogP contribution < -0.4 is 4.72 Å². The molecule has 3 rings (SSSR count). The summed E-state index contributed by atoms with van der Waals surface area (Å²) in [6.07, 6.45) is 3.86. The van der Waals surface area contributed by atoms with E-state index in [-0.39, 0.29) is 24.2 Å². The van der Waals surface area contributed by atoms with Gasteiger partial charge in [0.15, 0.2) is 0 Å². The second-order valence-corrected chi connectivity index (χ2v) is 8.46. The number of carbonyl (C=O) groups excluding carboxylic acids is 1. The molecule has 1 aliphatic carbocycles. The molecule has 1 saturated heterocycles. The van der Waals surface area contributed by atoms with E-state index in [0.717, 1.165) is 25.7 Å². The second-order valence-electron chi connectivity index (χ2n) is 6.79. The molecule has 0 radical (unpaired) electrons. The van der Waals surface area contributed by atoms with Crippen molar-refractivity contribution < 1.29 is 31.1 Å². The van der Waals surface area contributed by atoms with Gasteiger partial charge >= 0.3 is 15.5 Å². The molecule has 1 aliphatic heterocycles. The number of piperidine rings is 1. The minimum atomic E-state index is -5.53. The van der Waals surface area contributed by atoms with Crippen LogP contribution in [0.25, 0.3) is 0 Å². The standard InChI is InChI=1S/C17H21F3N2O4S/c18-17(19,20)27(24,25)21-14-8-2-1-5-12(14)11-22-10-4-9-15(16(22)23)26-13-6-3-7-13/h1-2,5,8,13,15,21H,3-4,6-7,9-11H2. The van der Waals surface area contributed by atoms with Crippen LogP contribution >= 0.6 is 0 Å².